The van der Waals surface area contributed by atoms with Gasteiger partial charge in [0, 0.05) is 11.8 Å². The van der Waals surface area contributed by atoms with Gasteiger partial charge in [-0.2, -0.15) is 0 Å². The molecule has 0 spiro atoms. The number of pyridine rings is 1. The van der Waals surface area contributed by atoms with Gasteiger partial charge in [-0.25, -0.2) is 0 Å². The zero-order chi connectivity index (χ0) is 29.5. The smallest absolute Gasteiger partial charge is 0.0702 e. The van der Waals surface area contributed by atoms with Crippen LogP contribution in [0.1, 0.15) is 69.4 Å². The first-order chi connectivity index (χ1) is 19.4. The molecule has 1 aromatic heterocycles. The molecule has 0 aliphatic rings. The average molecular weight is 538 g/mol. The second kappa shape index (κ2) is 10.8. The van der Waals surface area contributed by atoms with Gasteiger partial charge in [-0.1, -0.05) is 114 Å². The molecule has 0 bridgehead atoms. The van der Waals surface area contributed by atoms with E-state index in [0.717, 1.165) is 11.3 Å². The van der Waals surface area contributed by atoms with Crippen molar-refractivity contribution in [2.45, 2.75) is 73.1 Å². The van der Waals surface area contributed by atoms with E-state index in [1.54, 1.807) is 0 Å². The van der Waals surface area contributed by atoms with Gasteiger partial charge < -0.3 is 0 Å². The molecule has 0 amide bonds. The summed E-state index contributed by atoms with van der Waals surface area (Å²) in [6.45, 7) is 20.5. The Hall–Kier alpha value is -3.97. The van der Waals surface area contributed by atoms with Gasteiger partial charge in [0.1, 0.15) is 0 Å². The predicted octanol–water partition coefficient (Wildman–Crippen LogP) is 11.3. The maximum Gasteiger partial charge on any atom is 0.0702 e. The molecule has 1 heterocycles. The minimum atomic E-state index is 0.118. The highest BCUT2D eigenvalue weighted by Crippen LogP contribution is 2.44. The molecule has 0 radical (unpaired) electrons. The van der Waals surface area contributed by atoms with Crippen LogP contribution in [0.15, 0.2) is 97.2 Å². The number of benzene rings is 4. The van der Waals surface area contributed by atoms with Crippen LogP contribution in [0, 0.1) is 20.8 Å². The van der Waals surface area contributed by atoms with E-state index in [0.29, 0.717) is 0 Å². The van der Waals surface area contributed by atoms with Crippen molar-refractivity contribution < 1.29 is 0 Å². The molecule has 0 fully saturated rings. The average Bonchev–Trinajstić information content (AvgIpc) is 2.93. The molecule has 0 unspecified atom stereocenters. The fraction of sp³-hybridized carbons (Fsp3) is 0.275. The third kappa shape index (κ3) is 5.64. The topological polar surface area (TPSA) is 12.9 Å². The Morgan fingerprint density at radius 2 is 0.878 bits per heavy atom. The first-order valence-corrected chi connectivity index (χ1v) is 14.7. The Morgan fingerprint density at radius 1 is 0.439 bits per heavy atom. The molecule has 208 valence electrons. The fourth-order valence-electron chi connectivity index (χ4n) is 6.16. The summed E-state index contributed by atoms with van der Waals surface area (Å²) >= 11 is 0. The monoisotopic (exact) mass is 537 g/mol. The van der Waals surface area contributed by atoms with E-state index in [1.165, 1.54) is 61.2 Å². The van der Waals surface area contributed by atoms with Crippen molar-refractivity contribution in [2.75, 3.05) is 0 Å². The number of hydrogen-bond acceptors (Lipinski definition) is 1. The maximum absolute atomic E-state index is 4.63. The van der Waals surface area contributed by atoms with Crippen LogP contribution >= 0.6 is 0 Å². The van der Waals surface area contributed by atoms with Gasteiger partial charge in [-0.05, 0) is 111 Å². The lowest BCUT2D eigenvalue weighted by Crippen LogP contribution is -2.10. The zero-order valence-corrected chi connectivity index (χ0v) is 26.2. The first-order valence-electron chi connectivity index (χ1n) is 14.7. The number of hydrogen-bond donors (Lipinski definition) is 0. The van der Waals surface area contributed by atoms with Gasteiger partial charge in [-0.3, -0.25) is 4.98 Å². The van der Waals surface area contributed by atoms with E-state index in [1.807, 2.05) is 12.3 Å². The Balaban J connectivity index is 1.77. The summed E-state index contributed by atoms with van der Waals surface area (Å²) in [6, 6.07) is 33.4. The summed E-state index contributed by atoms with van der Waals surface area (Å²) in [5.41, 5.74) is 16.7. The highest BCUT2D eigenvalue weighted by Gasteiger charge is 2.22. The summed E-state index contributed by atoms with van der Waals surface area (Å²) in [7, 11) is 0. The molecule has 0 saturated carbocycles. The molecular weight excluding hydrogens is 494 g/mol. The molecule has 0 atom stereocenters. The van der Waals surface area contributed by atoms with Gasteiger partial charge >= 0.3 is 0 Å². The third-order valence-corrected chi connectivity index (χ3v) is 8.44. The second-order valence-electron chi connectivity index (χ2n) is 13.5. The molecule has 0 aliphatic heterocycles. The van der Waals surface area contributed by atoms with Crippen molar-refractivity contribution in [3.63, 3.8) is 0 Å². The van der Waals surface area contributed by atoms with E-state index in [2.05, 4.69) is 152 Å². The Bertz CT molecular complexity index is 1590. The van der Waals surface area contributed by atoms with Crippen molar-refractivity contribution >= 4 is 0 Å². The van der Waals surface area contributed by atoms with Crippen LogP contribution in [-0.4, -0.2) is 4.98 Å². The van der Waals surface area contributed by atoms with Crippen LogP contribution < -0.4 is 0 Å². The predicted molar refractivity (Wildman–Crippen MR) is 178 cm³/mol. The van der Waals surface area contributed by atoms with E-state index in [9.17, 15) is 0 Å². The lowest BCUT2D eigenvalue weighted by atomic mass is 9.79. The normalized spacial score (nSPS) is 12.0. The molecule has 1 nitrogen and oxygen atoms in total. The van der Waals surface area contributed by atoms with E-state index in [4.69, 9.17) is 0 Å². The molecule has 5 rings (SSSR count). The van der Waals surface area contributed by atoms with Crippen molar-refractivity contribution in [3.05, 3.63) is 125 Å². The second-order valence-corrected chi connectivity index (χ2v) is 13.5. The van der Waals surface area contributed by atoms with Crippen molar-refractivity contribution in [2.24, 2.45) is 0 Å². The van der Waals surface area contributed by atoms with Crippen LogP contribution in [0.25, 0.3) is 44.6 Å². The number of nitrogens with zero attached hydrogens (tertiary/aromatic N) is 1. The maximum atomic E-state index is 4.63. The lowest BCUT2D eigenvalue weighted by Gasteiger charge is -2.25. The lowest BCUT2D eigenvalue weighted by molar-refractivity contribution is 0.590. The van der Waals surface area contributed by atoms with Crippen LogP contribution in [0.2, 0.25) is 0 Å². The van der Waals surface area contributed by atoms with Crippen LogP contribution in [-0.2, 0) is 10.8 Å². The SMILES string of the molecule is Cc1c(-c2ccc(C(C)(C)C)cc2)c(C)c(-c2cccc(-c3ccccn3)c2)c(C)c1-c1ccc(C(C)(C)C)cc1. The molecule has 1 heteroatoms. The molecule has 0 aliphatic carbocycles. The number of aromatic nitrogens is 1. The molecule has 0 saturated heterocycles. The molecular formula is C40H43N. The van der Waals surface area contributed by atoms with E-state index in [-0.39, 0.29) is 10.8 Å². The van der Waals surface area contributed by atoms with E-state index >= 15 is 0 Å². The van der Waals surface area contributed by atoms with Crippen molar-refractivity contribution in [1.82, 2.24) is 4.98 Å². The van der Waals surface area contributed by atoms with Gasteiger partial charge in [-0.15, -0.1) is 0 Å². The van der Waals surface area contributed by atoms with Crippen molar-refractivity contribution in [3.8, 4) is 44.6 Å². The molecule has 0 N–H and O–H groups in total. The Kier molecular flexibility index (Phi) is 7.51. The Labute approximate surface area is 247 Å². The van der Waals surface area contributed by atoms with Crippen LogP contribution in [0.3, 0.4) is 0 Å². The van der Waals surface area contributed by atoms with Gasteiger partial charge in [0.05, 0.1) is 5.69 Å². The molecule has 5 aromatic rings. The quantitative estimate of drug-likeness (QED) is 0.222. The highest BCUT2D eigenvalue weighted by molar-refractivity contribution is 5.92. The van der Waals surface area contributed by atoms with Crippen molar-refractivity contribution in [1.29, 1.82) is 0 Å². The third-order valence-electron chi connectivity index (χ3n) is 8.44. The summed E-state index contributed by atoms with van der Waals surface area (Å²) in [4.78, 5) is 4.63. The standard InChI is InChI=1S/C40H43N/c1-26-36(29-16-20-33(21-17-29)39(4,5)6)27(2)38(32-14-12-13-31(25-32)35-15-10-11-24-41-35)28(3)37(26)30-18-22-34(23-19-30)40(7,8)9/h10-25H,1-9H3. The fourth-order valence-corrected chi connectivity index (χ4v) is 6.16. The van der Waals surface area contributed by atoms with Crippen LogP contribution in [0.4, 0.5) is 0 Å². The summed E-state index contributed by atoms with van der Waals surface area (Å²) in [6.07, 6.45) is 1.86. The molecule has 41 heavy (non-hydrogen) atoms. The highest BCUT2D eigenvalue weighted by atomic mass is 14.7. The zero-order valence-electron chi connectivity index (χ0n) is 26.2. The summed E-state index contributed by atoms with van der Waals surface area (Å²) in [5.74, 6) is 0. The van der Waals surface area contributed by atoms with Gasteiger partial charge in [0.25, 0.3) is 0 Å². The summed E-state index contributed by atoms with van der Waals surface area (Å²) in [5, 5.41) is 0. The molecule has 4 aromatic carbocycles. The first kappa shape index (κ1) is 28.6. The van der Waals surface area contributed by atoms with Gasteiger partial charge in [0.2, 0.25) is 0 Å². The number of rotatable bonds is 4. The summed E-state index contributed by atoms with van der Waals surface area (Å²) < 4.78 is 0. The largest absolute Gasteiger partial charge is 0.256 e. The van der Waals surface area contributed by atoms with E-state index < -0.39 is 0 Å². The van der Waals surface area contributed by atoms with Gasteiger partial charge in [0.15, 0.2) is 0 Å². The minimum Gasteiger partial charge on any atom is -0.256 e. The Morgan fingerprint density at radius 3 is 1.29 bits per heavy atom. The van der Waals surface area contributed by atoms with Crippen LogP contribution in [0.5, 0.6) is 0 Å². The minimum absolute atomic E-state index is 0.118.